The van der Waals surface area contributed by atoms with E-state index >= 15 is 0 Å². The van der Waals surface area contributed by atoms with Crippen molar-refractivity contribution in [2.75, 3.05) is 27.2 Å². The van der Waals surface area contributed by atoms with Gasteiger partial charge in [0.2, 0.25) is 11.8 Å². The molecule has 8 heteroatoms. The van der Waals surface area contributed by atoms with Crippen LogP contribution in [0, 0.1) is 0 Å². The van der Waals surface area contributed by atoms with Crippen LogP contribution in [0.4, 0.5) is 0 Å². The van der Waals surface area contributed by atoms with Crippen molar-refractivity contribution in [3.05, 3.63) is 35.8 Å². The Morgan fingerprint density at radius 1 is 1.33 bits per heavy atom. The SMILES string of the molecule is CN(C)CC(=O)N1CCCn2nnc(COc3ccccn3)c2C1. The van der Waals surface area contributed by atoms with Crippen molar-refractivity contribution in [3.8, 4) is 5.88 Å². The van der Waals surface area contributed by atoms with Crippen molar-refractivity contribution >= 4 is 5.91 Å². The topological polar surface area (TPSA) is 76.4 Å². The summed E-state index contributed by atoms with van der Waals surface area (Å²) in [6.45, 7) is 2.71. The number of amides is 1. The maximum atomic E-state index is 12.4. The zero-order valence-corrected chi connectivity index (χ0v) is 14.1. The fourth-order valence-corrected chi connectivity index (χ4v) is 2.66. The van der Waals surface area contributed by atoms with E-state index in [0.717, 1.165) is 30.9 Å². The van der Waals surface area contributed by atoms with Crippen LogP contribution in [0.1, 0.15) is 17.8 Å². The lowest BCUT2D eigenvalue weighted by molar-refractivity contribution is -0.132. The Morgan fingerprint density at radius 2 is 2.21 bits per heavy atom. The number of hydrogen-bond acceptors (Lipinski definition) is 6. The summed E-state index contributed by atoms with van der Waals surface area (Å²) in [5.41, 5.74) is 1.70. The molecule has 0 fully saturated rings. The molecule has 3 rings (SSSR count). The highest BCUT2D eigenvalue weighted by molar-refractivity contribution is 5.78. The molecule has 1 aliphatic rings. The molecule has 0 saturated carbocycles. The van der Waals surface area contributed by atoms with Crippen molar-refractivity contribution in [1.82, 2.24) is 29.8 Å². The lowest BCUT2D eigenvalue weighted by atomic mass is 10.3. The molecule has 128 valence electrons. The third-order valence-electron chi connectivity index (χ3n) is 3.86. The summed E-state index contributed by atoms with van der Waals surface area (Å²) in [5, 5.41) is 8.42. The van der Waals surface area contributed by atoms with Gasteiger partial charge >= 0.3 is 0 Å². The quantitative estimate of drug-likeness (QED) is 0.797. The van der Waals surface area contributed by atoms with E-state index in [1.54, 1.807) is 12.3 Å². The summed E-state index contributed by atoms with van der Waals surface area (Å²) in [5.74, 6) is 0.666. The van der Waals surface area contributed by atoms with Gasteiger partial charge in [0.05, 0.1) is 18.8 Å². The van der Waals surface area contributed by atoms with E-state index in [1.807, 2.05) is 40.7 Å². The van der Waals surface area contributed by atoms with Crippen molar-refractivity contribution in [2.24, 2.45) is 0 Å². The molecule has 2 aromatic rings. The van der Waals surface area contributed by atoms with Crippen molar-refractivity contribution in [1.29, 1.82) is 0 Å². The lowest BCUT2D eigenvalue weighted by Gasteiger charge is -2.22. The average molecular weight is 330 g/mol. The van der Waals surface area contributed by atoms with Gasteiger partial charge in [0, 0.05) is 25.4 Å². The van der Waals surface area contributed by atoms with E-state index in [9.17, 15) is 4.79 Å². The predicted octanol–water partition coefficient (Wildman–Crippen LogP) is 0.546. The fourth-order valence-electron chi connectivity index (χ4n) is 2.66. The van der Waals surface area contributed by atoms with Gasteiger partial charge in [-0.25, -0.2) is 9.67 Å². The van der Waals surface area contributed by atoms with Crippen molar-refractivity contribution in [2.45, 2.75) is 26.1 Å². The summed E-state index contributed by atoms with van der Waals surface area (Å²) in [7, 11) is 3.79. The molecule has 1 aliphatic heterocycles. The van der Waals surface area contributed by atoms with Crippen LogP contribution in [-0.4, -0.2) is 62.9 Å². The van der Waals surface area contributed by atoms with E-state index < -0.39 is 0 Å². The first-order valence-corrected chi connectivity index (χ1v) is 8.01. The normalized spacial score (nSPS) is 14.4. The first kappa shape index (κ1) is 16.4. The molecule has 0 bridgehead atoms. The highest BCUT2D eigenvalue weighted by Crippen LogP contribution is 2.16. The van der Waals surface area contributed by atoms with Gasteiger partial charge in [-0.1, -0.05) is 11.3 Å². The van der Waals surface area contributed by atoms with Gasteiger partial charge in [-0.05, 0) is 26.6 Å². The van der Waals surface area contributed by atoms with Crippen LogP contribution in [0.15, 0.2) is 24.4 Å². The van der Waals surface area contributed by atoms with E-state index in [-0.39, 0.29) is 5.91 Å². The summed E-state index contributed by atoms with van der Waals surface area (Å²) in [4.78, 5) is 20.3. The highest BCUT2D eigenvalue weighted by atomic mass is 16.5. The second-order valence-electron chi connectivity index (χ2n) is 6.07. The minimum Gasteiger partial charge on any atom is -0.471 e. The van der Waals surface area contributed by atoms with Crippen molar-refractivity contribution in [3.63, 3.8) is 0 Å². The molecule has 3 heterocycles. The minimum absolute atomic E-state index is 0.117. The third-order valence-corrected chi connectivity index (χ3v) is 3.86. The standard InChI is InChI=1S/C16H22N6O2/c1-20(2)11-16(23)21-8-5-9-22-14(10-21)13(18-19-22)12-24-15-6-3-4-7-17-15/h3-4,6-7H,5,8-12H2,1-2H3. The van der Waals surface area contributed by atoms with Crippen LogP contribution in [0.2, 0.25) is 0 Å². The fraction of sp³-hybridized carbons (Fsp3) is 0.500. The Bertz CT molecular complexity index is 685. The number of rotatable bonds is 5. The van der Waals surface area contributed by atoms with E-state index in [2.05, 4.69) is 15.3 Å². The highest BCUT2D eigenvalue weighted by Gasteiger charge is 2.23. The Kier molecular flexibility index (Phi) is 5.05. The molecule has 0 aliphatic carbocycles. The number of aromatic nitrogens is 4. The average Bonchev–Trinajstić information content (AvgIpc) is 2.81. The molecule has 0 unspecified atom stereocenters. The molecule has 0 N–H and O–H groups in total. The van der Waals surface area contributed by atoms with Crippen LogP contribution in [-0.2, 0) is 24.5 Å². The smallest absolute Gasteiger partial charge is 0.237 e. The zero-order valence-electron chi connectivity index (χ0n) is 14.1. The number of carbonyl (C=O) groups excluding carboxylic acids is 1. The van der Waals surface area contributed by atoms with Crippen LogP contribution < -0.4 is 4.74 Å². The third kappa shape index (κ3) is 3.88. The van der Waals surface area contributed by atoms with E-state index in [4.69, 9.17) is 4.74 Å². The number of pyridine rings is 1. The first-order valence-electron chi connectivity index (χ1n) is 8.01. The Morgan fingerprint density at radius 3 is 2.96 bits per heavy atom. The molecule has 8 nitrogen and oxygen atoms in total. The van der Waals surface area contributed by atoms with Gasteiger partial charge in [-0.15, -0.1) is 5.10 Å². The Hall–Kier alpha value is -2.48. The molecule has 0 aromatic carbocycles. The van der Waals surface area contributed by atoms with Crippen LogP contribution >= 0.6 is 0 Å². The maximum Gasteiger partial charge on any atom is 0.237 e. The molecular weight excluding hydrogens is 308 g/mol. The van der Waals surface area contributed by atoms with Crippen LogP contribution in [0.5, 0.6) is 5.88 Å². The van der Waals surface area contributed by atoms with Gasteiger partial charge in [0.15, 0.2) is 0 Å². The summed E-state index contributed by atoms with van der Waals surface area (Å²) in [6.07, 6.45) is 2.55. The number of aryl methyl sites for hydroxylation is 1. The van der Waals surface area contributed by atoms with Gasteiger partial charge in [-0.3, -0.25) is 4.79 Å². The Labute approximate surface area is 141 Å². The van der Waals surface area contributed by atoms with Crippen LogP contribution in [0.3, 0.4) is 0 Å². The summed E-state index contributed by atoms with van der Waals surface area (Å²) < 4.78 is 7.55. The zero-order chi connectivity index (χ0) is 16.9. The summed E-state index contributed by atoms with van der Waals surface area (Å²) >= 11 is 0. The van der Waals surface area contributed by atoms with Gasteiger partial charge in [0.1, 0.15) is 12.3 Å². The number of hydrogen-bond donors (Lipinski definition) is 0. The van der Waals surface area contributed by atoms with Gasteiger partial charge < -0.3 is 14.5 Å². The van der Waals surface area contributed by atoms with E-state index in [1.165, 1.54) is 0 Å². The molecule has 1 amide bonds. The first-order chi connectivity index (χ1) is 11.6. The molecule has 0 saturated heterocycles. The number of fused-ring (bicyclic) bond motifs is 1. The maximum absolute atomic E-state index is 12.4. The Balaban J connectivity index is 1.71. The molecule has 0 radical (unpaired) electrons. The molecule has 0 spiro atoms. The predicted molar refractivity (Wildman–Crippen MR) is 87.2 cm³/mol. The number of carbonyl (C=O) groups is 1. The molecule has 2 aromatic heterocycles. The number of ether oxygens (including phenoxy) is 1. The monoisotopic (exact) mass is 330 g/mol. The number of likely N-dealkylation sites (N-methyl/N-ethyl adjacent to an activating group) is 1. The second kappa shape index (κ2) is 7.39. The molecule has 24 heavy (non-hydrogen) atoms. The molecular formula is C16H22N6O2. The second-order valence-corrected chi connectivity index (χ2v) is 6.07. The summed E-state index contributed by atoms with van der Waals surface area (Å²) in [6, 6.07) is 5.51. The van der Waals surface area contributed by atoms with E-state index in [0.29, 0.717) is 25.6 Å². The largest absolute Gasteiger partial charge is 0.471 e. The van der Waals surface area contributed by atoms with Crippen LogP contribution in [0.25, 0.3) is 0 Å². The number of nitrogens with zero attached hydrogens (tertiary/aromatic N) is 6. The minimum atomic E-state index is 0.117. The molecule has 0 atom stereocenters. The van der Waals surface area contributed by atoms with Gasteiger partial charge in [0.25, 0.3) is 0 Å². The lowest BCUT2D eigenvalue weighted by Crippen LogP contribution is -2.37. The van der Waals surface area contributed by atoms with Crippen molar-refractivity contribution < 1.29 is 9.53 Å². The van der Waals surface area contributed by atoms with Gasteiger partial charge in [-0.2, -0.15) is 0 Å².